The normalized spacial score (nSPS) is 15.7. The van der Waals surface area contributed by atoms with Crippen LogP contribution >= 0.6 is 0 Å². The fraction of sp³-hybridized carbons (Fsp3) is 0. The molecule has 0 unspecified atom stereocenters. The maximum absolute atomic E-state index is 12.7. The van der Waals surface area contributed by atoms with Crippen LogP contribution in [0.3, 0.4) is 0 Å². The number of para-hydroxylation sites is 2. The first-order valence-electron chi connectivity index (χ1n) is 9.73. The number of ketones is 2. The van der Waals surface area contributed by atoms with Gasteiger partial charge in [0.15, 0.2) is 0 Å². The molecule has 4 aromatic rings. The van der Waals surface area contributed by atoms with Crippen LogP contribution in [0.5, 0.6) is 0 Å². The minimum atomic E-state index is -0.276. The summed E-state index contributed by atoms with van der Waals surface area (Å²) < 4.78 is 4.93. The van der Waals surface area contributed by atoms with Gasteiger partial charge in [-0.2, -0.15) is 0 Å². The molecule has 6 heteroatoms. The number of pyridine rings is 1. The Morgan fingerprint density at radius 3 is 2.19 bits per heavy atom. The second-order valence-electron chi connectivity index (χ2n) is 7.16. The van der Waals surface area contributed by atoms with Gasteiger partial charge in [0, 0.05) is 0 Å². The number of hydrogen-bond donors (Lipinski definition) is 0. The first kappa shape index (κ1) is 18.7. The third-order valence-corrected chi connectivity index (χ3v) is 9.81. The van der Waals surface area contributed by atoms with Crippen LogP contribution in [0.2, 0.25) is 0 Å². The van der Waals surface area contributed by atoms with Gasteiger partial charge in [0.25, 0.3) is 0 Å². The van der Waals surface area contributed by atoms with Crippen LogP contribution in [0.4, 0.5) is 15.9 Å². The average molecular weight is 532 g/mol. The van der Waals surface area contributed by atoms with E-state index in [-0.39, 0.29) is 52.3 Å². The van der Waals surface area contributed by atoms with Gasteiger partial charge in [0.1, 0.15) is 0 Å². The van der Waals surface area contributed by atoms with Crippen LogP contribution in [-0.2, 0) is 0 Å². The zero-order valence-corrected chi connectivity index (χ0v) is 19.5. The minimum absolute atomic E-state index is 0.0275. The molecular weight excluding hydrogens is 518 g/mol. The molecule has 148 valence electrons. The molecule has 2 aromatic carbocycles. The number of fused-ring (bicyclic) bond motifs is 3. The fourth-order valence-corrected chi connectivity index (χ4v) is 8.17. The van der Waals surface area contributed by atoms with Crippen molar-refractivity contribution >= 4 is 72.0 Å². The monoisotopic (exact) mass is 534 g/mol. The van der Waals surface area contributed by atoms with Gasteiger partial charge < -0.3 is 0 Å². The number of Topliss-reactive ketones (excluding diaryl/α,β-unsaturated/α-hetero) is 2. The molecular formula is C25H14N2O2Se2. The summed E-state index contributed by atoms with van der Waals surface area (Å²) in [5.41, 5.74) is 3.33. The number of carbonyl (C=O) groups is 2. The Kier molecular flexibility index (Phi) is 4.41. The molecule has 0 radical (unpaired) electrons. The second kappa shape index (κ2) is 7.29. The van der Waals surface area contributed by atoms with E-state index in [9.17, 15) is 9.59 Å². The third kappa shape index (κ3) is 3.00. The number of allylic oxidation sites excluding steroid dienone is 1. The van der Waals surface area contributed by atoms with Crippen LogP contribution < -0.4 is 13.8 Å². The van der Waals surface area contributed by atoms with Gasteiger partial charge in [-0.3, -0.25) is 0 Å². The zero-order chi connectivity index (χ0) is 20.9. The summed E-state index contributed by atoms with van der Waals surface area (Å²) in [4.78, 5) is 31.9. The van der Waals surface area contributed by atoms with Crippen molar-refractivity contribution in [3.63, 3.8) is 0 Å². The quantitative estimate of drug-likeness (QED) is 0.199. The number of carbonyl (C=O) groups excluding carboxylic acids is 2. The van der Waals surface area contributed by atoms with Crippen molar-refractivity contribution in [3.8, 4) is 0 Å². The van der Waals surface area contributed by atoms with Crippen molar-refractivity contribution in [1.82, 2.24) is 4.98 Å². The molecule has 4 nitrogen and oxygen atoms in total. The summed E-state index contributed by atoms with van der Waals surface area (Å²) in [5, 5.41) is 0. The molecule has 0 spiro atoms. The van der Waals surface area contributed by atoms with Gasteiger partial charge >= 0.3 is 192 Å². The standard InChI is InChI=1S/C25H14N2O2Se2/c28-24-16-6-5-13-26-23(16)25(29)17(24)14-15-11-12-22(30-15)27-18-7-1-3-9-20(18)31-21-10-4-2-8-19(21)27/h1-14H/b17-14+. The van der Waals surface area contributed by atoms with E-state index in [4.69, 9.17) is 0 Å². The fourth-order valence-electron chi connectivity index (χ4n) is 3.90. The molecule has 2 aromatic heterocycles. The van der Waals surface area contributed by atoms with Crippen LogP contribution in [-0.4, -0.2) is 46.0 Å². The van der Waals surface area contributed by atoms with E-state index < -0.39 is 0 Å². The predicted molar refractivity (Wildman–Crippen MR) is 124 cm³/mol. The molecule has 0 atom stereocenters. The topological polar surface area (TPSA) is 50.3 Å². The molecule has 1 aliphatic heterocycles. The SMILES string of the molecule is O=C1/C(=C\c2ccc(N3c4ccccc4[Se]c4ccccc43)[se]2)C(=O)c2ncccc21. The number of rotatable bonds is 2. The van der Waals surface area contributed by atoms with Gasteiger partial charge in [-0.05, 0) is 0 Å². The van der Waals surface area contributed by atoms with Crippen molar-refractivity contribution in [2.24, 2.45) is 0 Å². The Labute approximate surface area is 191 Å². The average Bonchev–Trinajstić information content (AvgIpc) is 3.36. The molecule has 0 amide bonds. The third-order valence-electron chi connectivity index (χ3n) is 5.31. The Morgan fingerprint density at radius 1 is 0.774 bits per heavy atom. The van der Waals surface area contributed by atoms with Gasteiger partial charge in [-0.1, -0.05) is 0 Å². The number of benzene rings is 2. The molecule has 0 saturated heterocycles. The van der Waals surface area contributed by atoms with Crippen LogP contribution in [0.25, 0.3) is 6.08 Å². The molecule has 0 saturated carbocycles. The summed E-state index contributed by atoms with van der Waals surface area (Å²) >= 11 is 0.246. The maximum atomic E-state index is 12.7. The summed E-state index contributed by atoms with van der Waals surface area (Å²) in [6.45, 7) is 0. The van der Waals surface area contributed by atoms with Gasteiger partial charge in [-0.25, -0.2) is 0 Å². The first-order valence-corrected chi connectivity index (χ1v) is 13.2. The zero-order valence-electron chi connectivity index (χ0n) is 16.1. The Bertz CT molecular complexity index is 1340. The van der Waals surface area contributed by atoms with Crippen LogP contribution in [0.1, 0.15) is 25.3 Å². The molecule has 2 aliphatic rings. The van der Waals surface area contributed by atoms with E-state index >= 15 is 0 Å². The predicted octanol–water partition coefficient (Wildman–Crippen LogP) is 3.04. The van der Waals surface area contributed by atoms with E-state index in [1.807, 2.05) is 6.07 Å². The van der Waals surface area contributed by atoms with Crippen molar-refractivity contribution in [2.45, 2.75) is 0 Å². The Hall–Kier alpha value is -3.01. The van der Waals surface area contributed by atoms with Crippen molar-refractivity contribution in [3.05, 3.63) is 100 Å². The second-order valence-corrected chi connectivity index (χ2v) is 11.7. The summed E-state index contributed by atoms with van der Waals surface area (Å²) in [5.74, 6) is -0.503. The van der Waals surface area contributed by atoms with E-state index in [1.54, 1.807) is 24.4 Å². The molecule has 3 heterocycles. The molecule has 1 aliphatic carbocycles. The Morgan fingerprint density at radius 2 is 1.48 bits per heavy atom. The molecule has 31 heavy (non-hydrogen) atoms. The van der Waals surface area contributed by atoms with E-state index in [2.05, 4.69) is 64.5 Å². The first-order chi connectivity index (χ1) is 15.2. The van der Waals surface area contributed by atoms with Crippen LogP contribution in [0, 0.1) is 0 Å². The Balaban J connectivity index is 1.43. The van der Waals surface area contributed by atoms with Gasteiger partial charge in [0.05, 0.1) is 0 Å². The van der Waals surface area contributed by atoms with E-state index in [0.29, 0.717) is 5.56 Å². The molecule has 0 bridgehead atoms. The summed E-state index contributed by atoms with van der Waals surface area (Å²) in [6, 6.07) is 24.6. The number of hydrogen-bond acceptors (Lipinski definition) is 4. The van der Waals surface area contributed by atoms with Gasteiger partial charge in [0.2, 0.25) is 0 Å². The molecule has 0 fully saturated rings. The van der Waals surface area contributed by atoms with E-state index in [0.717, 1.165) is 4.44 Å². The summed E-state index contributed by atoms with van der Waals surface area (Å²) in [6.07, 6.45) is 3.32. The van der Waals surface area contributed by atoms with Crippen molar-refractivity contribution in [1.29, 1.82) is 0 Å². The molecule has 6 rings (SSSR count). The number of aromatic nitrogens is 1. The summed E-state index contributed by atoms with van der Waals surface area (Å²) in [7, 11) is 0. The van der Waals surface area contributed by atoms with Crippen molar-refractivity contribution < 1.29 is 9.59 Å². The molecule has 0 N–H and O–H groups in total. The van der Waals surface area contributed by atoms with Crippen molar-refractivity contribution in [2.75, 3.05) is 4.90 Å². The van der Waals surface area contributed by atoms with Crippen LogP contribution in [0.15, 0.2) is 84.6 Å². The van der Waals surface area contributed by atoms with Gasteiger partial charge in [-0.15, -0.1) is 0 Å². The van der Waals surface area contributed by atoms with E-state index in [1.165, 1.54) is 24.9 Å². The number of nitrogens with zero attached hydrogens (tertiary/aromatic N) is 2. The number of anilines is 3.